The van der Waals surface area contributed by atoms with Crippen LogP contribution in [-0.4, -0.2) is 17.8 Å². The van der Waals surface area contributed by atoms with E-state index in [0.717, 1.165) is 16.7 Å². The number of benzene rings is 1. The van der Waals surface area contributed by atoms with Crippen molar-refractivity contribution in [3.05, 3.63) is 35.6 Å². The first kappa shape index (κ1) is 11.2. The molecule has 0 spiro atoms. The molecular formula is C13H17NO2. The van der Waals surface area contributed by atoms with Crippen molar-refractivity contribution >= 4 is 11.0 Å². The van der Waals surface area contributed by atoms with Gasteiger partial charge in [-0.2, -0.15) is 0 Å². The molecule has 0 aliphatic carbocycles. The van der Waals surface area contributed by atoms with Gasteiger partial charge in [0, 0.05) is 11.9 Å². The van der Waals surface area contributed by atoms with Crippen LogP contribution in [0.4, 0.5) is 0 Å². The van der Waals surface area contributed by atoms with Gasteiger partial charge in [0.15, 0.2) is 0 Å². The standard InChI is InChI=1S/C13H17NO2/c1-9-3-4-13-11(5-9)6-12(16-13)8-14-7-10(2)15/h3-6,10,14-15H,7-8H2,1-2H3/t10-/m1/s1. The highest BCUT2D eigenvalue weighted by atomic mass is 16.3. The van der Waals surface area contributed by atoms with E-state index in [2.05, 4.69) is 18.3 Å². The van der Waals surface area contributed by atoms with E-state index in [1.165, 1.54) is 5.56 Å². The number of fused-ring (bicyclic) bond motifs is 1. The third-order valence-corrected chi connectivity index (χ3v) is 2.46. The highest BCUT2D eigenvalue weighted by Crippen LogP contribution is 2.20. The Hall–Kier alpha value is -1.32. The summed E-state index contributed by atoms with van der Waals surface area (Å²) in [5, 5.41) is 13.4. The van der Waals surface area contributed by atoms with Gasteiger partial charge in [0.25, 0.3) is 0 Å². The monoisotopic (exact) mass is 219 g/mol. The number of nitrogens with one attached hydrogen (secondary N) is 1. The molecule has 0 radical (unpaired) electrons. The van der Waals surface area contributed by atoms with Crippen LogP contribution in [0.2, 0.25) is 0 Å². The largest absolute Gasteiger partial charge is 0.460 e. The minimum Gasteiger partial charge on any atom is -0.460 e. The third kappa shape index (κ3) is 2.62. The molecule has 0 amide bonds. The smallest absolute Gasteiger partial charge is 0.134 e. The van der Waals surface area contributed by atoms with Gasteiger partial charge in [-0.1, -0.05) is 11.6 Å². The molecule has 16 heavy (non-hydrogen) atoms. The van der Waals surface area contributed by atoms with Crippen LogP contribution in [0.1, 0.15) is 18.2 Å². The molecule has 0 bridgehead atoms. The van der Waals surface area contributed by atoms with Gasteiger partial charge in [0.05, 0.1) is 12.6 Å². The highest BCUT2D eigenvalue weighted by molar-refractivity contribution is 5.78. The quantitative estimate of drug-likeness (QED) is 0.828. The van der Waals surface area contributed by atoms with Crippen molar-refractivity contribution in [1.82, 2.24) is 5.32 Å². The summed E-state index contributed by atoms with van der Waals surface area (Å²) >= 11 is 0. The summed E-state index contributed by atoms with van der Waals surface area (Å²) in [6.07, 6.45) is -0.327. The van der Waals surface area contributed by atoms with Crippen LogP contribution in [0.15, 0.2) is 28.7 Å². The molecule has 0 aliphatic heterocycles. The molecule has 1 aromatic carbocycles. The average Bonchev–Trinajstić information content (AvgIpc) is 2.58. The van der Waals surface area contributed by atoms with Crippen molar-refractivity contribution in [3.63, 3.8) is 0 Å². The molecule has 3 heteroatoms. The summed E-state index contributed by atoms with van der Waals surface area (Å²) in [5.74, 6) is 0.904. The van der Waals surface area contributed by atoms with Crippen LogP contribution in [0.25, 0.3) is 11.0 Å². The third-order valence-electron chi connectivity index (χ3n) is 2.46. The number of hydrogen-bond acceptors (Lipinski definition) is 3. The van der Waals surface area contributed by atoms with Gasteiger partial charge in [-0.3, -0.25) is 0 Å². The molecular weight excluding hydrogens is 202 g/mol. The summed E-state index contributed by atoms with van der Waals surface area (Å²) in [4.78, 5) is 0. The Morgan fingerprint density at radius 1 is 1.38 bits per heavy atom. The molecule has 3 nitrogen and oxygen atoms in total. The lowest BCUT2D eigenvalue weighted by atomic mass is 10.2. The summed E-state index contributed by atoms with van der Waals surface area (Å²) in [6.45, 7) is 5.06. The summed E-state index contributed by atoms with van der Waals surface area (Å²) < 4.78 is 5.66. The maximum Gasteiger partial charge on any atom is 0.134 e. The van der Waals surface area contributed by atoms with Gasteiger partial charge in [-0.15, -0.1) is 0 Å². The molecule has 0 saturated carbocycles. The van der Waals surface area contributed by atoms with Gasteiger partial charge in [0.2, 0.25) is 0 Å². The molecule has 1 aromatic heterocycles. The van der Waals surface area contributed by atoms with E-state index in [4.69, 9.17) is 9.52 Å². The van der Waals surface area contributed by atoms with Gasteiger partial charge >= 0.3 is 0 Å². The summed E-state index contributed by atoms with van der Waals surface area (Å²) in [5.41, 5.74) is 2.15. The van der Waals surface area contributed by atoms with Crippen molar-refractivity contribution in [2.24, 2.45) is 0 Å². The summed E-state index contributed by atoms with van der Waals surface area (Å²) in [6, 6.07) is 8.18. The van der Waals surface area contributed by atoms with E-state index in [1.807, 2.05) is 18.2 Å². The molecule has 2 N–H and O–H groups in total. The number of aliphatic hydroxyl groups is 1. The van der Waals surface area contributed by atoms with E-state index in [-0.39, 0.29) is 6.10 Å². The zero-order chi connectivity index (χ0) is 11.5. The van der Waals surface area contributed by atoms with Crippen LogP contribution in [0.3, 0.4) is 0 Å². The Morgan fingerprint density at radius 2 is 2.19 bits per heavy atom. The second kappa shape index (κ2) is 4.68. The number of rotatable bonds is 4. The van der Waals surface area contributed by atoms with E-state index in [0.29, 0.717) is 13.1 Å². The lowest BCUT2D eigenvalue weighted by Gasteiger charge is -2.03. The molecule has 0 saturated heterocycles. The molecule has 86 valence electrons. The first-order valence-electron chi connectivity index (χ1n) is 5.53. The van der Waals surface area contributed by atoms with E-state index < -0.39 is 0 Å². The lowest BCUT2D eigenvalue weighted by Crippen LogP contribution is -2.23. The fourth-order valence-corrected chi connectivity index (χ4v) is 1.71. The predicted octanol–water partition coefficient (Wildman–Crippen LogP) is 2.21. The Morgan fingerprint density at radius 3 is 2.94 bits per heavy atom. The molecule has 2 rings (SSSR count). The highest BCUT2D eigenvalue weighted by Gasteiger charge is 2.03. The van der Waals surface area contributed by atoms with Crippen LogP contribution >= 0.6 is 0 Å². The minimum absolute atomic E-state index is 0.327. The number of aryl methyl sites for hydroxylation is 1. The molecule has 0 aliphatic rings. The molecule has 1 atom stereocenters. The molecule has 2 aromatic rings. The minimum atomic E-state index is -0.327. The Bertz CT molecular complexity index is 474. The van der Waals surface area contributed by atoms with Gasteiger partial charge in [-0.05, 0) is 32.0 Å². The summed E-state index contributed by atoms with van der Waals surface area (Å²) in [7, 11) is 0. The molecule has 1 heterocycles. The average molecular weight is 219 g/mol. The second-order valence-electron chi connectivity index (χ2n) is 4.23. The fourth-order valence-electron chi connectivity index (χ4n) is 1.71. The van der Waals surface area contributed by atoms with Gasteiger partial charge < -0.3 is 14.8 Å². The van der Waals surface area contributed by atoms with Gasteiger partial charge in [0.1, 0.15) is 11.3 Å². The van der Waals surface area contributed by atoms with Crippen molar-refractivity contribution in [3.8, 4) is 0 Å². The van der Waals surface area contributed by atoms with Crippen LogP contribution in [0.5, 0.6) is 0 Å². The van der Waals surface area contributed by atoms with E-state index >= 15 is 0 Å². The van der Waals surface area contributed by atoms with Crippen LogP contribution in [0, 0.1) is 6.92 Å². The van der Waals surface area contributed by atoms with Crippen molar-refractivity contribution < 1.29 is 9.52 Å². The van der Waals surface area contributed by atoms with Crippen molar-refractivity contribution in [2.45, 2.75) is 26.5 Å². The zero-order valence-electron chi connectivity index (χ0n) is 9.66. The molecule has 0 fully saturated rings. The number of furan rings is 1. The normalized spacial score (nSPS) is 13.2. The van der Waals surface area contributed by atoms with E-state index in [1.54, 1.807) is 6.92 Å². The number of aliphatic hydroxyl groups excluding tert-OH is 1. The zero-order valence-corrected chi connectivity index (χ0v) is 9.66. The Balaban J connectivity index is 2.08. The lowest BCUT2D eigenvalue weighted by molar-refractivity contribution is 0.190. The van der Waals surface area contributed by atoms with E-state index in [9.17, 15) is 0 Å². The maximum atomic E-state index is 9.11. The van der Waals surface area contributed by atoms with Crippen molar-refractivity contribution in [2.75, 3.05) is 6.54 Å². The van der Waals surface area contributed by atoms with Crippen molar-refractivity contribution in [1.29, 1.82) is 0 Å². The van der Waals surface area contributed by atoms with Crippen LogP contribution in [-0.2, 0) is 6.54 Å². The SMILES string of the molecule is Cc1ccc2oc(CNC[C@@H](C)O)cc2c1. The Kier molecular flexibility index (Phi) is 3.27. The topological polar surface area (TPSA) is 45.4 Å². The van der Waals surface area contributed by atoms with Crippen LogP contribution < -0.4 is 5.32 Å². The molecule has 0 unspecified atom stereocenters. The predicted molar refractivity (Wildman–Crippen MR) is 64.3 cm³/mol. The van der Waals surface area contributed by atoms with Gasteiger partial charge in [-0.25, -0.2) is 0 Å². The first-order valence-corrected chi connectivity index (χ1v) is 5.53. The second-order valence-corrected chi connectivity index (χ2v) is 4.23. The first-order chi connectivity index (χ1) is 7.65. The number of hydrogen-bond donors (Lipinski definition) is 2. The maximum absolute atomic E-state index is 9.11. The Labute approximate surface area is 95.1 Å². The fraction of sp³-hybridized carbons (Fsp3) is 0.385.